The molecular formula is C17H20BrN3O. The fraction of sp³-hybridized carbons (Fsp3) is 0.294. The second-order valence-electron chi connectivity index (χ2n) is 6.23. The maximum Gasteiger partial charge on any atom is 0.274 e. The first kappa shape index (κ1) is 16.5. The fourth-order valence-corrected chi connectivity index (χ4v) is 2.28. The molecule has 2 rings (SSSR count). The molecule has 22 heavy (non-hydrogen) atoms. The standard InChI is InChI=1S/C17H20BrN3O/c1-11-5-6-12(9-14(11)18)20-16(22)15-8-7-13(10-19-15)21-17(2,3)4/h5-10,21H,1-4H3,(H,20,22). The molecule has 1 amide bonds. The van der Waals surface area contributed by atoms with Crippen LogP contribution in [0, 0.1) is 6.92 Å². The largest absolute Gasteiger partial charge is 0.379 e. The van der Waals surface area contributed by atoms with Gasteiger partial charge in [0.05, 0.1) is 11.9 Å². The third-order valence-electron chi connectivity index (χ3n) is 2.95. The summed E-state index contributed by atoms with van der Waals surface area (Å²) in [5, 5.41) is 6.15. The number of anilines is 2. The minimum atomic E-state index is -0.224. The first-order valence-corrected chi connectivity index (χ1v) is 7.86. The highest BCUT2D eigenvalue weighted by atomic mass is 79.9. The van der Waals surface area contributed by atoms with Gasteiger partial charge < -0.3 is 10.6 Å². The zero-order chi connectivity index (χ0) is 16.3. The van der Waals surface area contributed by atoms with E-state index < -0.39 is 0 Å². The highest BCUT2D eigenvalue weighted by Crippen LogP contribution is 2.21. The van der Waals surface area contributed by atoms with E-state index in [4.69, 9.17) is 0 Å². The predicted molar refractivity (Wildman–Crippen MR) is 94.4 cm³/mol. The molecule has 0 fully saturated rings. The average Bonchev–Trinajstić information content (AvgIpc) is 2.42. The molecule has 0 saturated heterocycles. The van der Waals surface area contributed by atoms with E-state index in [9.17, 15) is 4.79 Å². The van der Waals surface area contributed by atoms with Crippen molar-refractivity contribution in [2.75, 3.05) is 10.6 Å². The van der Waals surface area contributed by atoms with Gasteiger partial charge in [0.1, 0.15) is 5.69 Å². The molecule has 1 aromatic heterocycles. The molecule has 5 heteroatoms. The Balaban J connectivity index is 2.08. The summed E-state index contributed by atoms with van der Waals surface area (Å²) in [5.74, 6) is -0.224. The van der Waals surface area contributed by atoms with E-state index in [1.165, 1.54) is 0 Å². The molecule has 0 bridgehead atoms. The van der Waals surface area contributed by atoms with Crippen molar-refractivity contribution >= 4 is 33.2 Å². The molecule has 0 saturated carbocycles. The van der Waals surface area contributed by atoms with Gasteiger partial charge in [0.2, 0.25) is 0 Å². The minimum Gasteiger partial charge on any atom is -0.379 e. The molecular weight excluding hydrogens is 342 g/mol. The van der Waals surface area contributed by atoms with Crippen molar-refractivity contribution in [3.05, 3.63) is 52.3 Å². The molecule has 0 atom stereocenters. The lowest BCUT2D eigenvalue weighted by Gasteiger charge is -2.21. The van der Waals surface area contributed by atoms with Crippen molar-refractivity contribution in [2.45, 2.75) is 33.2 Å². The van der Waals surface area contributed by atoms with Crippen LogP contribution in [0.4, 0.5) is 11.4 Å². The van der Waals surface area contributed by atoms with Crippen molar-refractivity contribution in [1.29, 1.82) is 0 Å². The molecule has 2 aromatic rings. The Morgan fingerprint density at radius 1 is 1.14 bits per heavy atom. The summed E-state index contributed by atoms with van der Waals surface area (Å²) in [6.45, 7) is 8.22. The van der Waals surface area contributed by atoms with Crippen LogP contribution in [0.2, 0.25) is 0 Å². The summed E-state index contributed by atoms with van der Waals surface area (Å²) in [6, 6.07) is 9.27. The van der Waals surface area contributed by atoms with E-state index in [0.717, 1.165) is 21.4 Å². The molecule has 2 N–H and O–H groups in total. The Kier molecular flexibility index (Phi) is 4.86. The number of nitrogens with one attached hydrogen (secondary N) is 2. The van der Waals surface area contributed by atoms with Crippen molar-refractivity contribution in [3.8, 4) is 0 Å². The number of carbonyl (C=O) groups excluding carboxylic acids is 1. The Morgan fingerprint density at radius 2 is 1.82 bits per heavy atom. The average molecular weight is 362 g/mol. The summed E-state index contributed by atoms with van der Waals surface area (Å²) in [6.07, 6.45) is 1.67. The lowest BCUT2D eigenvalue weighted by Crippen LogP contribution is -2.26. The number of benzene rings is 1. The summed E-state index contributed by atoms with van der Waals surface area (Å²) >= 11 is 3.45. The van der Waals surface area contributed by atoms with E-state index in [2.05, 4.69) is 52.3 Å². The minimum absolute atomic E-state index is 0.0420. The summed E-state index contributed by atoms with van der Waals surface area (Å²) in [5.41, 5.74) is 3.09. The van der Waals surface area contributed by atoms with Crippen molar-refractivity contribution in [2.24, 2.45) is 0 Å². The van der Waals surface area contributed by atoms with Crippen LogP contribution in [0.1, 0.15) is 36.8 Å². The summed E-state index contributed by atoms with van der Waals surface area (Å²) in [4.78, 5) is 16.4. The van der Waals surface area contributed by atoms with Gasteiger partial charge in [-0.15, -0.1) is 0 Å². The molecule has 0 aliphatic rings. The first-order valence-electron chi connectivity index (χ1n) is 7.06. The van der Waals surface area contributed by atoms with Crippen LogP contribution in [0.25, 0.3) is 0 Å². The van der Waals surface area contributed by atoms with Crippen molar-refractivity contribution in [1.82, 2.24) is 4.98 Å². The van der Waals surface area contributed by atoms with Gasteiger partial charge in [-0.25, -0.2) is 4.98 Å². The number of halogens is 1. The highest BCUT2D eigenvalue weighted by Gasteiger charge is 2.11. The van der Waals surface area contributed by atoms with E-state index in [1.54, 1.807) is 12.3 Å². The molecule has 0 unspecified atom stereocenters. The molecule has 0 aliphatic heterocycles. The van der Waals surface area contributed by atoms with Gasteiger partial charge in [-0.1, -0.05) is 22.0 Å². The number of aryl methyl sites for hydroxylation is 1. The smallest absolute Gasteiger partial charge is 0.274 e. The topological polar surface area (TPSA) is 54.0 Å². The lowest BCUT2D eigenvalue weighted by atomic mass is 10.1. The number of nitrogens with zero attached hydrogens (tertiary/aromatic N) is 1. The lowest BCUT2D eigenvalue weighted by molar-refractivity contribution is 0.102. The molecule has 1 heterocycles. The van der Waals surface area contributed by atoms with Crippen molar-refractivity contribution in [3.63, 3.8) is 0 Å². The SMILES string of the molecule is Cc1ccc(NC(=O)c2ccc(NC(C)(C)C)cn2)cc1Br. The number of hydrogen-bond donors (Lipinski definition) is 2. The summed E-state index contributed by atoms with van der Waals surface area (Å²) < 4.78 is 0.961. The van der Waals surface area contributed by atoms with E-state index in [1.807, 2.05) is 31.2 Å². The summed E-state index contributed by atoms with van der Waals surface area (Å²) in [7, 11) is 0. The number of rotatable bonds is 3. The Morgan fingerprint density at radius 3 is 2.36 bits per heavy atom. The third-order valence-corrected chi connectivity index (χ3v) is 3.80. The van der Waals surface area contributed by atoms with E-state index >= 15 is 0 Å². The number of hydrogen-bond acceptors (Lipinski definition) is 3. The predicted octanol–water partition coefficient (Wildman–Crippen LogP) is 4.62. The van der Waals surface area contributed by atoms with Gasteiger partial charge in [-0.2, -0.15) is 0 Å². The van der Waals surface area contributed by atoms with Crippen molar-refractivity contribution < 1.29 is 4.79 Å². The van der Waals surface area contributed by atoms with Gasteiger partial charge in [0, 0.05) is 15.7 Å². The third kappa shape index (κ3) is 4.56. The van der Waals surface area contributed by atoms with Gasteiger partial charge in [-0.05, 0) is 57.5 Å². The number of pyridine rings is 1. The number of amides is 1. The second-order valence-corrected chi connectivity index (χ2v) is 7.08. The quantitative estimate of drug-likeness (QED) is 0.838. The maximum absolute atomic E-state index is 12.2. The fourth-order valence-electron chi connectivity index (χ4n) is 1.90. The normalized spacial score (nSPS) is 11.1. The second kappa shape index (κ2) is 6.48. The molecule has 4 nitrogen and oxygen atoms in total. The number of carbonyl (C=O) groups is 1. The van der Waals surface area contributed by atoms with Gasteiger partial charge in [-0.3, -0.25) is 4.79 Å². The Hall–Kier alpha value is -1.88. The molecule has 1 aromatic carbocycles. The number of aromatic nitrogens is 1. The zero-order valence-electron chi connectivity index (χ0n) is 13.2. The van der Waals surface area contributed by atoms with Crippen LogP contribution in [0.15, 0.2) is 41.0 Å². The van der Waals surface area contributed by atoms with E-state index in [-0.39, 0.29) is 11.4 Å². The van der Waals surface area contributed by atoms with Gasteiger partial charge in [0.25, 0.3) is 5.91 Å². The Bertz CT molecular complexity index is 675. The first-order chi connectivity index (χ1) is 10.2. The van der Waals surface area contributed by atoms with Crippen LogP contribution >= 0.6 is 15.9 Å². The van der Waals surface area contributed by atoms with Crippen LogP contribution in [-0.4, -0.2) is 16.4 Å². The highest BCUT2D eigenvalue weighted by molar-refractivity contribution is 9.10. The molecule has 0 spiro atoms. The molecule has 116 valence electrons. The van der Waals surface area contributed by atoms with E-state index in [0.29, 0.717) is 5.69 Å². The maximum atomic E-state index is 12.2. The van der Waals surface area contributed by atoms with Crippen LogP contribution < -0.4 is 10.6 Å². The molecule has 0 aliphatic carbocycles. The Labute approximate surface area is 139 Å². The van der Waals surface area contributed by atoms with Crippen LogP contribution in [-0.2, 0) is 0 Å². The molecule has 0 radical (unpaired) electrons. The van der Waals surface area contributed by atoms with Crippen LogP contribution in [0.3, 0.4) is 0 Å². The monoisotopic (exact) mass is 361 g/mol. The van der Waals surface area contributed by atoms with Gasteiger partial charge >= 0.3 is 0 Å². The van der Waals surface area contributed by atoms with Crippen LogP contribution in [0.5, 0.6) is 0 Å². The zero-order valence-corrected chi connectivity index (χ0v) is 14.8. The van der Waals surface area contributed by atoms with Gasteiger partial charge in [0.15, 0.2) is 0 Å².